The van der Waals surface area contributed by atoms with E-state index >= 15 is 0 Å². The summed E-state index contributed by atoms with van der Waals surface area (Å²) in [7, 11) is 0. The maximum atomic E-state index is 12.7. The molecule has 0 saturated heterocycles. The average Bonchev–Trinajstić information content (AvgIpc) is 2.46. The molecule has 0 fully saturated rings. The fraction of sp³-hybridized carbons (Fsp3) is 0.0667. The highest BCUT2D eigenvalue weighted by molar-refractivity contribution is 5.79. The van der Waals surface area contributed by atoms with Crippen molar-refractivity contribution in [1.29, 1.82) is 5.26 Å². The smallest absolute Gasteiger partial charge is 0.142 e. The maximum Gasteiger partial charge on any atom is 0.142 e. The zero-order valence-corrected chi connectivity index (χ0v) is 10.1. The first-order valence-electron chi connectivity index (χ1n) is 5.68. The molecule has 4 heteroatoms. The van der Waals surface area contributed by atoms with Crippen LogP contribution in [0.3, 0.4) is 0 Å². The van der Waals surface area contributed by atoms with E-state index in [0.29, 0.717) is 5.56 Å². The molecule has 0 aliphatic heterocycles. The molecule has 0 N–H and O–H groups in total. The summed E-state index contributed by atoms with van der Waals surface area (Å²) in [5, 5.41) is 12.6. The van der Waals surface area contributed by atoms with Crippen LogP contribution in [0.25, 0.3) is 0 Å². The van der Waals surface area contributed by atoms with Crippen LogP contribution in [0.5, 0.6) is 0 Å². The number of rotatable bonds is 4. The van der Waals surface area contributed by atoms with E-state index in [2.05, 4.69) is 11.2 Å². The fourth-order valence-electron chi connectivity index (χ4n) is 1.48. The highest BCUT2D eigenvalue weighted by Crippen LogP contribution is 2.05. The van der Waals surface area contributed by atoms with Gasteiger partial charge >= 0.3 is 0 Å². The zero-order chi connectivity index (χ0) is 13.5. The third-order valence-corrected chi connectivity index (χ3v) is 2.44. The van der Waals surface area contributed by atoms with Crippen molar-refractivity contribution < 1.29 is 9.23 Å². The van der Waals surface area contributed by atoms with Gasteiger partial charge in [0.1, 0.15) is 12.4 Å². The van der Waals surface area contributed by atoms with Crippen LogP contribution < -0.4 is 0 Å². The number of oxime groups is 1. The van der Waals surface area contributed by atoms with Gasteiger partial charge in [-0.05, 0) is 35.4 Å². The molecule has 2 aromatic carbocycles. The van der Waals surface area contributed by atoms with Crippen molar-refractivity contribution in [3.8, 4) is 6.07 Å². The fourth-order valence-corrected chi connectivity index (χ4v) is 1.48. The molecule has 0 aliphatic carbocycles. The van der Waals surface area contributed by atoms with E-state index < -0.39 is 0 Å². The minimum atomic E-state index is -0.277. The van der Waals surface area contributed by atoms with Gasteiger partial charge in [-0.15, -0.1) is 0 Å². The van der Waals surface area contributed by atoms with Crippen molar-refractivity contribution in [2.45, 2.75) is 6.61 Å². The molecule has 94 valence electrons. The van der Waals surface area contributed by atoms with Crippen molar-refractivity contribution in [3.63, 3.8) is 0 Å². The maximum absolute atomic E-state index is 12.7. The van der Waals surface area contributed by atoms with Gasteiger partial charge in [-0.3, -0.25) is 0 Å². The van der Waals surface area contributed by atoms with Gasteiger partial charge in [-0.1, -0.05) is 29.4 Å². The van der Waals surface area contributed by atoms with Crippen LogP contribution in [-0.2, 0) is 11.4 Å². The minimum absolute atomic E-state index is 0.273. The first-order chi connectivity index (χ1) is 9.28. The van der Waals surface area contributed by atoms with Crippen LogP contribution in [0, 0.1) is 17.1 Å². The second-order valence-corrected chi connectivity index (χ2v) is 3.87. The minimum Gasteiger partial charge on any atom is -0.391 e. The summed E-state index contributed by atoms with van der Waals surface area (Å²) in [4.78, 5) is 5.10. The van der Waals surface area contributed by atoms with Crippen LogP contribution >= 0.6 is 0 Å². The Bertz CT molecular complexity index is 615. The van der Waals surface area contributed by atoms with Gasteiger partial charge in [-0.25, -0.2) is 4.39 Å². The monoisotopic (exact) mass is 254 g/mol. The van der Waals surface area contributed by atoms with E-state index in [1.54, 1.807) is 30.3 Å². The Morgan fingerprint density at radius 3 is 2.74 bits per heavy atom. The summed E-state index contributed by atoms with van der Waals surface area (Å²) in [5.74, 6) is -0.277. The van der Waals surface area contributed by atoms with Gasteiger partial charge in [0, 0.05) is 0 Å². The predicted molar refractivity (Wildman–Crippen MR) is 69.9 cm³/mol. The first-order valence-corrected chi connectivity index (χ1v) is 5.68. The molecule has 0 heterocycles. The lowest BCUT2D eigenvalue weighted by atomic mass is 10.1. The Morgan fingerprint density at radius 2 is 2.00 bits per heavy atom. The molecule has 0 amide bonds. The second-order valence-electron chi connectivity index (χ2n) is 3.87. The number of nitrogens with zero attached hydrogens (tertiary/aromatic N) is 2. The van der Waals surface area contributed by atoms with Crippen molar-refractivity contribution in [2.24, 2.45) is 5.16 Å². The van der Waals surface area contributed by atoms with Crippen molar-refractivity contribution in [1.82, 2.24) is 0 Å². The third kappa shape index (κ3) is 3.93. The molecule has 0 aromatic heterocycles. The van der Waals surface area contributed by atoms with E-state index in [1.165, 1.54) is 18.3 Å². The lowest BCUT2D eigenvalue weighted by Crippen LogP contribution is -1.89. The van der Waals surface area contributed by atoms with Crippen LogP contribution in [0.1, 0.15) is 16.7 Å². The zero-order valence-electron chi connectivity index (χ0n) is 10.1. The molecule has 3 nitrogen and oxygen atoms in total. The van der Waals surface area contributed by atoms with Crippen molar-refractivity contribution in [3.05, 3.63) is 71.0 Å². The Balaban J connectivity index is 1.90. The molecule has 0 unspecified atom stereocenters. The summed E-state index contributed by atoms with van der Waals surface area (Å²) in [6.07, 6.45) is 1.53. The number of hydrogen-bond acceptors (Lipinski definition) is 3. The van der Waals surface area contributed by atoms with Crippen LogP contribution in [-0.4, -0.2) is 6.21 Å². The molecule has 0 radical (unpaired) electrons. The van der Waals surface area contributed by atoms with Gasteiger partial charge in [0.05, 0.1) is 17.8 Å². The van der Waals surface area contributed by atoms with Gasteiger partial charge in [0.15, 0.2) is 0 Å². The van der Waals surface area contributed by atoms with Gasteiger partial charge in [0.2, 0.25) is 0 Å². The van der Waals surface area contributed by atoms with Crippen LogP contribution in [0.15, 0.2) is 53.7 Å². The molecular formula is C15H11FN2O. The summed E-state index contributed by atoms with van der Waals surface area (Å²) in [6.45, 7) is 0.273. The molecule has 19 heavy (non-hydrogen) atoms. The summed E-state index contributed by atoms with van der Waals surface area (Å²) in [5.41, 5.74) is 2.20. The molecule has 2 rings (SSSR count). The van der Waals surface area contributed by atoms with E-state index in [1.807, 2.05) is 6.07 Å². The predicted octanol–water partition coefficient (Wildman–Crippen LogP) is 3.25. The number of halogens is 1. The van der Waals surface area contributed by atoms with Gasteiger partial charge in [-0.2, -0.15) is 5.26 Å². The number of nitriles is 1. The van der Waals surface area contributed by atoms with Gasteiger partial charge in [0.25, 0.3) is 0 Å². The lowest BCUT2D eigenvalue weighted by Gasteiger charge is -1.99. The SMILES string of the molecule is N#Cc1cccc(C=NOCc2ccc(F)cc2)c1. The number of hydrogen-bond donors (Lipinski definition) is 0. The quantitative estimate of drug-likeness (QED) is 0.621. The molecule has 0 saturated carbocycles. The Morgan fingerprint density at radius 1 is 1.21 bits per heavy atom. The molecule has 0 spiro atoms. The third-order valence-electron chi connectivity index (χ3n) is 2.44. The highest BCUT2D eigenvalue weighted by Gasteiger charge is 1.94. The van der Waals surface area contributed by atoms with E-state index in [-0.39, 0.29) is 12.4 Å². The topological polar surface area (TPSA) is 45.4 Å². The van der Waals surface area contributed by atoms with E-state index in [4.69, 9.17) is 10.1 Å². The molecule has 0 bridgehead atoms. The van der Waals surface area contributed by atoms with Crippen LogP contribution in [0.2, 0.25) is 0 Å². The Labute approximate surface area is 110 Å². The van der Waals surface area contributed by atoms with Crippen LogP contribution in [0.4, 0.5) is 4.39 Å². The summed E-state index contributed by atoms with van der Waals surface area (Å²) in [6, 6.07) is 15.1. The Hall–Kier alpha value is -2.67. The molecule has 2 aromatic rings. The normalized spacial score (nSPS) is 10.3. The standard InChI is InChI=1S/C15H11FN2O/c16-15-6-4-12(5-7-15)11-19-18-10-14-3-1-2-13(8-14)9-17/h1-8,10H,11H2. The Kier molecular flexibility index (Phi) is 4.25. The first kappa shape index (κ1) is 12.8. The van der Waals surface area contributed by atoms with E-state index in [0.717, 1.165) is 11.1 Å². The van der Waals surface area contributed by atoms with Crippen molar-refractivity contribution >= 4 is 6.21 Å². The highest BCUT2D eigenvalue weighted by atomic mass is 19.1. The molecule has 0 atom stereocenters. The summed E-state index contributed by atoms with van der Waals surface area (Å²) < 4.78 is 12.7. The van der Waals surface area contributed by atoms with E-state index in [9.17, 15) is 4.39 Å². The number of benzene rings is 2. The molecule has 0 aliphatic rings. The van der Waals surface area contributed by atoms with Gasteiger partial charge < -0.3 is 4.84 Å². The summed E-state index contributed by atoms with van der Waals surface area (Å²) >= 11 is 0. The second kappa shape index (κ2) is 6.31. The lowest BCUT2D eigenvalue weighted by molar-refractivity contribution is 0.132. The largest absolute Gasteiger partial charge is 0.391 e. The van der Waals surface area contributed by atoms with Crippen molar-refractivity contribution in [2.75, 3.05) is 0 Å². The molecular weight excluding hydrogens is 243 g/mol. The average molecular weight is 254 g/mol.